The van der Waals surface area contributed by atoms with Gasteiger partial charge in [0.25, 0.3) is 0 Å². The van der Waals surface area contributed by atoms with E-state index in [1.807, 2.05) is 0 Å². The predicted octanol–water partition coefficient (Wildman–Crippen LogP) is 0.607. The van der Waals surface area contributed by atoms with Crippen LogP contribution >= 0.6 is 0 Å². The largest absolute Gasteiger partial charge is 0.309 e. The molecule has 2 heterocycles. The van der Waals surface area contributed by atoms with Crippen LogP contribution in [0.15, 0.2) is 18.5 Å². The average Bonchev–Trinajstić information content (AvgIpc) is 2.23. The third-order valence-corrected chi connectivity index (χ3v) is 1.46. The van der Waals surface area contributed by atoms with E-state index in [1.54, 1.807) is 0 Å². The third-order valence-electron chi connectivity index (χ3n) is 1.46. The first-order valence-corrected chi connectivity index (χ1v) is 3.60. The van der Waals surface area contributed by atoms with Crippen molar-refractivity contribution in [3.05, 3.63) is 30.4 Å². The molecule has 7 heteroatoms. The molecule has 0 atom stereocenters. The van der Waals surface area contributed by atoms with Crippen LogP contribution in [0.2, 0.25) is 0 Å². The minimum Gasteiger partial charge on any atom is -0.208 e. The van der Waals surface area contributed by atoms with E-state index >= 15 is 0 Å². The van der Waals surface area contributed by atoms with Gasteiger partial charge in [-0.3, -0.25) is 0 Å². The first-order valence-electron chi connectivity index (χ1n) is 3.60. The van der Waals surface area contributed by atoms with Crippen molar-refractivity contribution in [3.8, 4) is 11.4 Å². The molecule has 0 saturated heterocycles. The quantitative estimate of drug-likeness (QED) is 0.623. The normalized spacial score (nSPS) is 10.1. The van der Waals surface area contributed by atoms with Crippen LogP contribution in [0.1, 0.15) is 0 Å². The van der Waals surface area contributed by atoms with Crippen molar-refractivity contribution in [2.45, 2.75) is 0 Å². The second kappa shape index (κ2) is 3.36. The van der Waals surface area contributed by atoms with Gasteiger partial charge in [0.2, 0.25) is 0 Å². The van der Waals surface area contributed by atoms with Gasteiger partial charge in [-0.2, -0.15) is 9.37 Å². The summed E-state index contributed by atoms with van der Waals surface area (Å²) in [4.78, 5) is 6.31. The van der Waals surface area contributed by atoms with Crippen molar-refractivity contribution >= 4 is 0 Å². The lowest BCUT2D eigenvalue weighted by atomic mass is 10.3. The van der Waals surface area contributed by atoms with Gasteiger partial charge in [0.05, 0.1) is 12.4 Å². The molecular formula is C7H3F2N5. The molecule has 0 spiro atoms. The highest BCUT2D eigenvalue weighted by atomic mass is 19.1. The van der Waals surface area contributed by atoms with Crippen molar-refractivity contribution in [2.75, 3.05) is 0 Å². The van der Waals surface area contributed by atoms with E-state index in [2.05, 4.69) is 25.4 Å². The summed E-state index contributed by atoms with van der Waals surface area (Å²) >= 11 is 0. The van der Waals surface area contributed by atoms with E-state index in [9.17, 15) is 8.78 Å². The van der Waals surface area contributed by atoms with E-state index in [0.717, 1.165) is 6.20 Å². The fourth-order valence-electron chi connectivity index (χ4n) is 0.893. The summed E-state index contributed by atoms with van der Waals surface area (Å²) in [6, 6.07) is 1.37. The van der Waals surface area contributed by atoms with Gasteiger partial charge in [0.1, 0.15) is 11.4 Å². The van der Waals surface area contributed by atoms with E-state index < -0.39 is 11.9 Å². The van der Waals surface area contributed by atoms with Gasteiger partial charge in [-0.15, -0.1) is 10.2 Å². The van der Waals surface area contributed by atoms with Crippen LogP contribution in [0.25, 0.3) is 11.4 Å². The van der Waals surface area contributed by atoms with Gasteiger partial charge in [-0.25, -0.2) is 9.37 Å². The Morgan fingerprint density at radius 1 is 1.21 bits per heavy atom. The summed E-state index contributed by atoms with van der Waals surface area (Å²) in [6.45, 7) is 0. The van der Waals surface area contributed by atoms with Crippen LogP contribution in [-0.4, -0.2) is 25.4 Å². The predicted molar refractivity (Wildman–Crippen MR) is 40.8 cm³/mol. The Morgan fingerprint density at radius 2 is 2.07 bits per heavy atom. The van der Waals surface area contributed by atoms with Crippen LogP contribution in [0, 0.1) is 11.9 Å². The fourth-order valence-corrected chi connectivity index (χ4v) is 0.893. The zero-order valence-electron chi connectivity index (χ0n) is 6.72. The van der Waals surface area contributed by atoms with Gasteiger partial charge in [0, 0.05) is 0 Å². The Balaban J connectivity index is 2.57. The summed E-state index contributed by atoms with van der Waals surface area (Å²) in [6.07, 6.45) is 1.03. The molecule has 0 aliphatic rings. The zero-order chi connectivity index (χ0) is 9.97. The molecule has 5 nitrogen and oxygen atoms in total. The molecule has 0 saturated carbocycles. The Kier molecular flexibility index (Phi) is 2.05. The summed E-state index contributed by atoms with van der Waals surface area (Å²) in [5, 5.41) is 10.2. The van der Waals surface area contributed by atoms with E-state index in [-0.39, 0.29) is 11.4 Å². The highest BCUT2D eigenvalue weighted by Crippen LogP contribution is 2.15. The molecule has 0 fully saturated rings. The highest BCUT2D eigenvalue weighted by molar-refractivity contribution is 5.52. The molecule has 2 aromatic heterocycles. The molecular weight excluding hydrogens is 192 g/mol. The number of nitrogens with zero attached hydrogens (tertiary/aromatic N) is 5. The molecule has 0 aliphatic heterocycles. The Morgan fingerprint density at radius 3 is 2.79 bits per heavy atom. The smallest absolute Gasteiger partial charge is 0.208 e. The van der Waals surface area contributed by atoms with E-state index in [1.165, 1.54) is 12.3 Å². The third kappa shape index (κ3) is 1.51. The Hall–Kier alpha value is -2.05. The molecule has 0 aliphatic carbocycles. The Labute approximate surface area is 76.9 Å². The van der Waals surface area contributed by atoms with Crippen LogP contribution in [0.4, 0.5) is 8.78 Å². The van der Waals surface area contributed by atoms with Crippen molar-refractivity contribution < 1.29 is 8.78 Å². The van der Waals surface area contributed by atoms with Crippen LogP contribution in [0.5, 0.6) is 0 Å². The number of aromatic nitrogens is 5. The lowest BCUT2D eigenvalue weighted by molar-refractivity contribution is 0.518. The maximum absolute atomic E-state index is 13.1. The monoisotopic (exact) mass is 195 g/mol. The van der Waals surface area contributed by atoms with Gasteiger partial charge < -0.3 is 0 Å². The topological polar surface area (TPSA) is 64.5 Å². The SMILES string of the molecule is Fc1ncc(F)c(-c2ccnnn2)n1. The highest BCUT2D eigenvalue weighted by Gasteiger charge is 2.10. The first-order chi connectivity index (χ1) is 6.77. The summed E-state index contributed by atoms with van der Waals surface area (Å²) in [5.74, 6) is -0.757. The molecule has 2 aromatic rings. The maximum atomic E-state index is 13.1. The molecule has 0 bridgehead atoms. The van der Waals surface area contributed by atoms with Gasteiger partial charge in [0.15, 0.2) is 5.82 Å². The second-order valence-corrected chi connectivity index (χ2v) is 2.34. The lowest BCUT2D eigenvalue weighted by Crippen LogP contribution is -1.99. The molecule has 70 valence electrons. The number of hydrogen-bond acceptors (Lipinski definition) is 5. The van der Waals surface area contributed by atoms with Crippen molar-refractivity contribution in [3.63, 3.8) is 0 Å². The minimum absolute atomic E-state index is 0.110. The van der Waals surface area contributed by atoms with Crippen molar-refractivity contribution in [2.24, 2.45) is 0 Å². The second-order valence-electron chi connectivity index (χ2n) is 2.34. The van der Waals surface area contributed by atoms with Gasteiger partial charge in [-0.05, 0) is 11.3 Å². The minimum atomic E-state index is -1.01. The average molecular weight is 195 g/mol. The van der Waals surface area contributed by atoms with Gasteiger partial charge >= 0.3 is 6.08 Å². The van der Waals surface area contributed by atoms with Gasteiger partial charge in [-0.1, -0.05) is 0 Å². The van der Waals surface area contributed by atoms with Crippen LogP contribution < -0.4 is 0 Å². The molecule has 0 amide bonds. The van der Waals surface area contributed by atoms with Crippen LogP contribution in [0.3, 0.4) is 0 Å². The molecule has 0 unspecified atom stereocenters. The Bertz CT molecular complexity index is 447. The van der Waals surface area contributed by atoms with Crippen molar-refractivity contribution in [1.82, 2.24) is 25.4 Å². The standard InChI is InChI=1S/C7H3F2N5/c8-4-3-10-7(9)12-6(4)5-1-2-11-14-13-5/h1-3H. The molecule has 0 aromatic carbocycles. The maximum Gasteiger partial charge on any atom is 0.309 e. The summed E-state index contributed by atoms with van der Waals surface area (Å²) in [5.41, 5.74) is -0.119. The number of halogens is 2. The molecule has 14 heavy (non-hydrogen) atoms. The summed E-state index contributed by atoms with van der Waals surface area (Å²) < 4.78 is 25.7. The number of rotatable bonds is 1. The fraction of sp³-hybridized carbons (Fsp3) is 0. The van der Waals surface area contributed by atoms with E-state index in [0.29, 0.717) is 0 Å². The molecule has 0 N–H and O–H groups in total. The van der Waals surface area contributed by atoms with Crippen molar-refractivity contribution in [1.29, 1.82) is 0 Å². The van der Waals surface area contributed by atoms with Crippen LogP contribution in [-0.2, 0) is 0 Å². The number of hydrogen-bond donors (Lipinski definition) is 0. The molecule has 0 radical (unpaired) electrons. The zero-order valence-corrected chi connectivity index (χ0v) is 6.72. The first kappa shape index (κ1) is 8.54. The summed E-state index contributed by atoms with van der Waals surface area (Å²) in [7, 11) is 0. The lowest BCUT2D eigenvalue weighted by Gasteiger charge is -1.98. The van der Waals surface area contributed by atoms with E-state index in [4.69, 9.17) is 0 Å². The molecule has 2 rings (SSSR count).